The molecular weight excluding hydrogens is 218 g/mol. The van der Waals surface area contributed by atoms with Gasteiger partial charge in [0.1, 0.15) is 6.29 Å². The minimum atomic E-state index is -0.273. The van der Waals surface area contributed by atoms with Crippen LogP contribution >= 0.6 is 0 Å². The van der Waals surface area contributed by atoms with Gasteiger partial charge in [0.05, 0.1) is 24.7 Å². The number of nitrogens with zero attached hydrogens (tertiary/aromatic N) is 1. The van der Waals surface area contributed by atoms with Crippen molar-refractivity contribution in [2.45, 2.75) is 38.8 Å². The molecule has 0 aliphatic carbocycles. The van der Waals surface area contributed by atoms with Gasteiger partial charge in [0, 0.05) is 25.7 Å². The van der Waals surface area contributed by atoms with E-state index >= 15 is 0 Å². The molecule has 0 aromatic carbocycles. The minimum absolute atomic E-state index is 0.267. The maximum atomic E-state index is 11.3. The number of hydrogen-bond acceptors (Lipinski definition) is 4. The SMILES string of the molecule is CCC1COC(C)CN1CC1(C=O)CCOC1. The molecule has 2 rings (SSSR count). The van der Waals surface area contributed by atoms with E-state index in [0.717, 1.165) is 45.4 Å². The molecule has 0 aromatic rings. The van der Waals surface area contributed by atoms with E-state index in [-0.39, 0.29) is 11.5 Å². The fourth-order valence-corrected chi connectivity index (χ4v) is 2.76. The first-order chi connectivity index (χ1) is 8.19. The standard InChI is InChI=1S/C13H23NO3/c1-3-12-7-17-11(2)6-14(12)8-13(9-15)4-5-16-10-13/h9,11-12H,3-8,10H2,1-2H3. The van der Waals surface area contributed by atoms with E-state index in [1.165, 1.54) is 0 Å². The molecule has 98 valence electrons. The number of morpholine rings is 1. The third-order valence-electron chi connectivity index (χ3n) is 3.95. The van der Waals surface area contributed by atoms with Crippen LogP contribution in [0.4, 0.5) is 0 Å². The molecule has 4 nitrogen and oxygen atoms in total. The summed E-state index contributed by atoms with van der Waals surface area (Å²) < 4.78 is 11.1. The van der Waals surface area contributed by atoms with Crippen molar-refractivity contribution in [1.82, 2.24) is 4.90 Å². The normalized spacial score (nSPS) is 39.4. The lowest BCUT2D eigenvalue weighted by molar-refractivity contribution is -0.120. The molecule has 0 saturated carbocycles. The van der Waals surface area contributed by atoms with Gasteiger partial charge >= 0.3 is 0 Å². The highest BCUT2D eigenvalue weighted by Gasteiger charge is 2.39. The molecule has 0 amide bonds. The van der Waals surface area contributed by atoms with Gasteiger partial charge < -0.3 is 14.3 Å². The molecule has 3 atom stereocenters. The molecule has 2 saturated heterocycles. The van der Waals surface area contributed by atoms with Gasteiger partial charge in [-0.1, -0.05) is 6.92 Å². The minimum Gasteiger partial charge on any atom is -0.380 e. The lowest BCUT2D eigenvalue weighted by Gasteiger charge is -2.41. The van der Waals surface area contributed by atoms with Crippen molar-refractivity contribution >= 4 is 6.29 Å². The first-order valence-electron chi connectivity index (χ1n) is 6.59. The van der Waals surface area contributed by atoms with Gasteiger partial charge in [-0.3, -0.25) is 4.90 Å². The zero-order valence-electron chi connectivity index (χ0n) is 10.9. The lowest BCUT2D eigenvalue weighted by atomic mass is 9.87. The molecule has 4 heteroatoms. The summed E-state index contributed by atoms with van der Waals surface area (Å²) in [5, 5.41) is 0. The van der Waals surface area contributed by atoms with Gasteiger partial charge in [-0.05, 0) is 19.8 Å². The molecular formula is C13H23NO3. The highest BCUT2D eigenvalue weighted by molar-refractivity contribution is 5.60. The quantitative estimate of drug-likeness (QED) is 0.691. The Bertz CT molecular complexity index is 263. The first kappa shape index (κ1) is 13.0. The molecule has 0 radical (unpaired) electrons. The molecule has 3 unspecified atom stereocenters. The molecule has 0 aromatic heterocycles. The summed E-state index contributed by atoms with van der Waals surface area (Å²) in [6, 6.07) is 0.448. The van der Waals surface area contributed by atoms with Crippen LogP contribution in [0.15, 0.2) is 0 Å². The Morgan fingerprint density at radius 1 is 1.53 bits per heavy atom. The highest BCUT2D eigenvalue weighted by Crippen LogP contribution is 2.29. The predicted molar refractivity (Wildman–Crippen MR) is 65.0 cm³/mol. The fraction of sp³-hybridized carbons (Fsp3) is 0.923. The number of hydrogen-bond donors (Lipinski definition) is 0. The van der Waals surface area contributed by atoms with E-state index in [2.05, 4.69) is 18.7 Å². The van der Waals surface area contributed by atoms with Crippen LogP contribution in [-0.4, -0.2) is 56.2 Å². The van der Waals surface area contributed by atoms with Crippen LogP contribution in [-0.2, 0) is 14.3 Å². The zero-order chi connectivity index (χ0) is 12.3. The Labute approximate surface area is 103 Å². The molecule has 0 N–H and O–H groups in total. The maximum absolute atomic E-state index is 11.3. The Morgan fingerprint density at radius 3 is 2.94 bits per heavy atom. The second-order valence-electron chi connectivity index (χ2n) is 5.42. The second-order valence-corrected chi connectivity index (χ2v) is 5.42. The number of aldehydes is 1. The maximum Gasteiger partial charge on any atom is 0.129 e. The van der Waals surface area contributed by atoms with Crippen LogP contribution in [0.2, 0.25) is 0 Å². The average molecular weight is 241 g/mol. The monoisotopic (exact) mass is 241 g/mol. The smallest absolute Gasteiger partial charge is 0.129 e. The van der Waals surface area contributed by atoms with Gasteiger partial charge in [0.15, 0.2) is 0 Å². The third-order valence-corrected chi connectivity index (χ3v) is 3.95. The fourth-order valence-electron chi connectivity index (χ4n) is 2.76. The number of ether oxygens (including phenoxy) is 2. The Hall–Kier alpha value is -0.450. The van der Waals surface area contributed by atoms with E-state index in [4.69, 9.17) is 9.47 Å². The number of carbonyl (C=O) groups is 1. The van der Waals surface area contributed by atoms with Crippen molar-refractivity contribution in [3.63, 3.8) is 0 Å². The third kappa shape index (κ3) is 2.87. The Morgan fingerprint density at radius 2 is 2.35 bits per heavy atom. The van der Waals surface area contributed by atoms with Crippen LogP contribution in [0.3, 0.4) is 0 Å². The molecule has 2 aliphatic rings. The van der Waals surface area contributed by atoms with E-state index in [1.54, 1.807) is 0 Å². The number of carbonyl (C=O) groups excluding carboxylic acids is 1. The summed E-state index contributed by atoms with van der Waals surface area (Å²) in [4.78, 5) is 13.8. The van der Waals surface area contributed by atoms with Gasteiger partial charge in [-0.2, -0.15) is 0 Å². The average Bonchev–Trinajstić information content (AvgIpc) is 2.79. The van der Waals surface area contributed by atoms with Crippen LogP contribution < -0.4 is 0 Å². The van der Waals surface area contributed by atoms with Gasteiger partial charge in [0.2, 0.25) is 0 Å². The largest absolute Gasteiger partial charge is 0.380 e. The summed E-state index contributed by atoms with van der Waals surface area (Å²) in [6.45, 7) is 8.10. The van der Waals surface area contributed by atoms with Crippen molar-refractivity contribution in [2.24, 2.45) is 5.41 Å². The summed E-state index contributed by atoms with van der Waals surface area (Å²) >= 11 is 0. The van der Waals surface area contributed by atoms with Crippen molar-refractivity contribution < 1.29 is 14.3 Å². The molecule has 0 bridgehead atoms. The van der Waals surface area contributed by atoms with E-state index in [0.29, 0.717) is 12.6 Å². The molecule has 0 spiro atoms. The van der Waals surface area contributed by atoms with Crippen molar-refractivity contribution in [3.05, 3.63) is 0 Å². The molecule has 17 heavy (non-hydrogen) atoms. The van der Waals surface area contributed by atoms with Crippen LogP contribution in [0.5, 0.6) is 0 Å². The topological polar surface area (TPSA) is 38.8 Å². The summed E-state index contributed by atoms with van der Waals surface area (Å²) in [6.07, 6.45) is 3.30. The number of rotatable bonds is 4. The zero-order valence-corrected chi connectivity index (χ0v) is 10.9. The van der Waals surface area contributed by atoms with E-state index in [9.17, 15) is 4.79 Å². The van der Waals surface area contributed by atoms with Crippen molar-refractivity contribution in [1.29, 1.82) is 0 Å². The predicted octanol–water partition coefficient (Wildman–Crippen LogP) is 1.09. The highest BCUT2D eigenvalue weighted by atomic mass is 16.5. The molecule has 2 heterocycles. The second kappa shape index (κ2) is 5.46. The first-order valence-corrected chi connectivity index (χ1v) is 6.59. The van der Waals surface area contributed by atoms with Crippen molar-refractivity contribution in [3.8, 4) is 0 Å². The van der Waals surface area contributed by atoms with Gasteiger partial charge in [0.25, 0.3) is 0 Å². The van der Waals surface area contributed by atoms with Gasteiger partial charge in [-0.15, -0.1) is 0 Å². The van der Waals surface area contributed by atoms with E-state index in [1.807, 2.05) is 0 Å². The lowest BCUT2D eigenvalue weighted by Crippen LogP contribution is -2.53. The van der Waals surface area contributed by atoms with E-state index < -0.39 is 0 Å². The summed E-state index contributed by atoms with van der Waals surface area (Å²) in [5.41, 5.74) is -0.273. The molecule has 2 aliphatic heterocycles. The van der Waals surface area contributed by atoms with Crippen LogP contribution in [0, 0.1) is 5.41 Å². The van der Waals surface area contributed by atoms with Gasteiger partial charge in [-0.25, -0.2) is 0 Å². The van der Waals surface area contributed by atoms with Crippen molar-refractivity contribution in [2.75, 3.05) is 32.9 Å². The van der Waals surface area contributed by atoms with Crippen LogP contribution in [0.25, 0.3) is 0 Å². The summed E-state index contributed by atoms with van der Waals surface area (Å²) in [7, 11) is 0. The Balaban J connectivity index is 2.01. The molecule has 2 fully saturated rings. The Kier molecular flexibility index (Phi) is 4.17. The van der Waals surface area contributed by atoms with Crippen LogP contribution in [0.1, 0.15) is 26.7 Å². The summed E-state index contributed by atoms with van der Waals surface area (Å²) in [5.74, 6) is 0.